The summed E-state index contributed by atoms with van der Waals surface area (Å²) in [6.07, 6.45) is 1.08. The second-order valence-corrected chi connectivity index (χ2v) is 7.15. The van der Waals surface area contributed by atoms with Crippen LogP contribution in [0.25, 0.3) is 0 Å². The van der Waals surface area contributed by atoms with E-state index in [1.165, 1.54) is 28.6 Å². The van der Waals surface area contributed by atoms with E-state index < -0.39 is 15.4 Å². The maximum absolute atomic E-state index is 12.4. The Kier molecular flexibility index (Phi) is 3.80. The maximum Gasteiger partial charge on any atom is 0.243 e. The Morgan fingerprint density at radius 2 is 1.70 bits per heavy atom. The predicted octanol–water partition coefficient (Wildman–Crippen LogP) is 1.87. The summed E-state index contributed by atoms with van der Waals surface area (Å²) in [5, 5.41) is 17.8. The lowest BCUT2D eigenvalue weighted by molar-refractivity contribution is 0.232. The van der Waals surface area contributed by atoms with Crippen LogP contribution in [0, 0.1) is 28.1 Å². The second kappa shape index (κ2) is 5.24. The van der Waals surface area contributed by atoms with Crippen LogP contribution in [-0.2, 0) is 10.0 Å². The van der Waals surface area contributed by atoms with Crippen molar-refractivity contribution in [2.45, 2.75) is 24.7 Å². The quantitative estimate of drug-likeness (QED) is 0.831. The lowest BCUT2D eigenvalue weighted by Gasteiger charge is -2.34. The highest BCUT2D eigenvalue weighted by Gasteiger charge is 2.35. The van der Waals surface area contributed by atoms with Crippen LogP contribution in [-0.4, -0.2) is 25.8 Å². The zero-order valence-corrected chi connectivity index (χ0v) is 12.0. The van der Waals surface area contributed by atoms with Crippen molar-refractivity contribution in [3.8, 4) is 12.1 Å². The molecule has 0 unspecified atom stereocenters. The van der Waals surface area contributed by atoms with E-state index in [0.717, 1.165) is 0 Å². The van der Waals surface area contributed by atoms with Gasteiger partial charge in [0.05, 0.1) is 28.0 Å². The summed E-state index contributed by atoms with van der Waals surface area (Å²) >= 11 is 0. The summed E-state index contributed by atoms with van der Waals surface area (Å²) in [5.74, 6) is 0. The van der Waals surface area contributed by atoms with Gasteiger partial charge in [0.25, 0.3) is 0 Å². The number of sulfonamides is 1. The largest absolute Gasteiger partial charge is 0.243 e. The number of rotatable bonds is 2. The zero-order chi connectivity index (χ0) is 14.8. The lowest BCUT2D eigenvalue weighted by Crippen LogP contribution is -2.41. The van der Waals surface area contributed by atoms with Gasteiger partial charge in [0.15, 0.2) is 0 Å². The van der Waals surface area contributed by atoms with Crippen LogP contribution in [0.2, 0.25) is 0 Å². The van der Waals surface area contributed by atoms with Gasteiger partial charge in [-0.15, -0.1) is 0 Å². The van der Waals surface area contributed by atoms with Gasteiger partial charge in [0, 0.05) is 13.1 Å². The normalized spacial score (nSPS) is 18.9. The van der Waals surface area contributed by atoms with Gasteiger partial charge in [0.2, 0.25) is 10.0 Å². The molecule has 0 N–H and O–H groups in total. The Hall–Kier alpha value is -1.89. The molecule has 2 rings (SSSR count). The number of hydrogen-bond acceptors (Lipinski definition) is 4. The Morgan fingerprint density at radius 3 is 2.15 bits per heavy atom. The molecule has 0 spiro atoms. The summed E-state index contributed by atoms with van der Waals surface area (Å²) in [6.45, 7) is 2.57. The fraction of sp³-hybridized carbons (Fsp3) is 0.429. The van der Waals surface area contributed by atoms with Crippen LogP contribution in [0.15, 0.2) is 29.2 Å². The van der Waals surface area contributed by atoms with Gasteiger partial charge in [-0.2, -0.15) is 14.8 Å². The maximum atomic E-state index is 12.4. The van der Waals surface area contributed by atoms with Crippen LogP contribution in [0.4, 0.5) is 0 Å². The van der Waals surface area contributed by atoms with Crippen LogP contribution in [0.3, 0.4) is 0 Å². The topological polar surface area (TPSA) is 85.0 Å². The SMILES string of the molecule is CC1(C#N)CCN(S(=O)(=O)c2ccc(C#N)cc2)CC1. The van der Waals surface area contributed by atoms with E-state index >= 15 is 0 Å². The van der Waals surface area contributed by atoms with Gasteiger partial charge in [0.1, 0.15) is 0 Å². The van der Waals surface area contributed by atoms with E-state index in [0.29, 0.717) is 31.5 Å². The molecule has 20 heavy (non-hydrogen) atoms. The molecule has 1 aromatic carbocycles. The molecular formula is C14H15N3O2S. The summed E-state index contributed by atoms with van der Waals surface area (Å²) in [4.78, 5) is 0.192. The van der Waals surface area contributed by atoms with Crippen LogP contribution in [0.1, 0.15) is 25.3 Å². The molecule has 5 nitrogen and oxygen atoms in total. The van der Waals surface area contributed by atoms with Gasteiger partial charge in [-0.25, -0.2) is 8.42 Å². The van der Waals surface area contributed by atoms with Crippen molar-refractivity contribution < 1.29 is 8.42 Å². The molecule has 0 amide bonds. The molecule has 0 saturated carbocycles. The first-order chi connectivity index (χ1) is 9.41. The van der Waals surface area contributed by atoms with Gasteiger partial charge >= 0.3 is 0 Å². The number of nitrogens with zero attached hydrogens (tertiary/aromatic N) is 3. The Labute approximate surface area is 119 Å². The minimum absolute atomic E-state index is 0.192. The van der Waals surface area contributed by atoms with E-state index in [1.807, 2.05) is 13.0 Å². The molecule has 0 bridgehead atoms. The molecule has 1 saturated heterocycles. The van der Waals surface area contributed by atoms with E-state index in [-0.39, 0.29) is 4.90 Å². The van der Waals surface area contributed by atoms with Crippen molar-refractivity contribution in [2.24, 2.45) is 5.41 Å². The van der Waals surface area contributed by atoms with E-state index in [9.17, 15) is 8.42 Å². The molecule has 1 fully saturated rings. The highest BCUT2D eigenvalue weighted by molar-refractivity contribution is 7.89. The van der Waals surface area contributed by atoms with E-state index in [1.54, 1.807) is 0 Å². The first-order valence-corrected chi connectivity index (χ1v) is 7.77. The molecule has 0 aromatic heterocycles. The fourth-order valence-electron chi connectivity index (χ4n) is 2.18. The lowest BCUT2D eigenvalue weighted by atomic mass is 9.83. The van der Waals surface area contributed by atoms with Crippen molar-refractivity contribution in [3.05, 3.63) is 29.8 Å². The van der Waals surface area contributed by atoms with Crippen LogP contribution in [0.5, 0.6) is 0 Å². The molecule has 6 heteroatoms. The Balaban J connectivity index is 2.20. The van der Waals surface area contributed by atoms with E-state index in [4.69, 9.17) is 10.5 Å². The van der Waals surface area contributed by atoms with E-state index in [2.05, 4.69) is 6.07 Å². The van der Waals surface area contributed by atoms with Gasteiger partial charge in [-0.3, -0.25) is 0 Å². The standard InChI is InChI=1S/C14H15N3O2S/c1-14(11-16)6-8-17(9-7-14)20(18,19)13-4-2-12(10-15)3-5-13/h2-5H,6-9H2,1H3. The van der Waals surface area contributed by atoms with Gasteiger partial charge < -0.3 is 0 Å². The monoisotopic (exact) mass is 289 g/mol. The Morgan fingerprint density at radius 1 is 1.15 bits per heavy atom. The average Bonchev–Trinajstić information content (AvgIpc) is 2.48. The smallest absolute Gasteiger partial charge is 0.207 e. The molecule has 0 radical (unpaired) electrons. The van der Waals surface area contributed by atoms with Gasteiger partial charge in [-0.05, 0) is 44.0 Å². The zero-order valence-electron chi connectivity index (χ0n) is 11.2. The van der Waals surface area contributed by atoms with Crippen molar-refractivity contribution in [3.63, 3.8) is 0 Å². The van der Waals surface area contributed by atoms with Crippen LogP contribution < -0.4 is 0 Å². The van der Waals surface area contributed by atoms with Crippen molar-refractivity contribution in [1.29, 1.82) is 10.5 Å². The molecule has 1 heterocycles. The summed E-state index contributed by atoms with van der Waals surface area (Å²) in [7, 11) is -3.53. The van der Waals surface area contributed by atoms with Crippen molar-refractivity contribution in [1.82, 2.24) is 4.31 Å². The first-order valence-electron chi connectivity index (χ1n) is 6.33. The molecule has 0 atom stereocenters. The van der Waals surface area contributed by atoms with Crippen molar-refractivity contribution in [2.75, 3.05) is 13.1 Å². The van der Waals surface area contributed by atoms with Crippen LogP contribution >= 0.6 is 0 Å². The first kappa shape index (κ1) is 14.5. The number of benzene rings is 1. The average molecular weight is 289 g/mol. The predicted molar refractivity (Wildman–Crippen MR) is 72.9 cm³/mol. The summed E-state index contributed by atoms with van der Waals surface area (Å²) in [6, 6.07) is 10.1. The molecule has 1 aromatic rings. The third kappa shape index (κ3) is 2.67. The number of nitriles is 2. The molecule has 104 valence electrons. The third-order valence-corrected chi connectivity index (χ3v) is 5.63. The number of piperidine rings is 1. The molecule has 1 aliphatic heterocycles. The third-order valence-electron chi connectivity index (χ3n) is 3.72. The molecular weight excluding hydrogens is 274 g/mol. The molecule has 0 aliphatic carbocycles. The Bertz CT molecular complexity index is 673. The van der Waals surface area contributed by atoms with Gasteiger partial charge in [-0.1, -0.05) is 0 Å². The molecule has 1 aliphatic rings. The highest BCUT2D eigenvalue weighted by atomic mass is 32.2. The number of hydrogen-bond donors (Lipinski definition) is 0. The van der Waals surface area contributed by atoms with Crippen molar-refractivity contribution >= 4 is 10.0 Å². The highest BCUT2D eigenvalue weighted by Crippen LogP contribution is 2.32. The fourth-order valence-corrected chi connectivity index (χ4v) is 3.62. The summed E-state index contributed by atoms with van der Waals surface area (Å²) in [5.41, 5.74) is -0.00361. The summed E-state index contributed by atoms with van der Waals surface area (Å²) < 4.78 is 26.3. The minimum atomic E-state index is -3.53. The second-order valence-electron chi connectivity index (χ2n) is 5.21. The minimum Gasteiger partial charge on any atom is -0.207 e.